The maximum Gasteiger partial charge on any atom is 0.222 e. The van der Waals surface area contributed by atoms with Crippen molar-refractivity contribution in [3.63, 3.8) is 0 Å². The van der Waals surface area contributed by atoms with Gasteiger partial charge in [-0.2, -0.15) is 4.37 Å². The molecule has 1 unspecified atom stereocenters. The summed E-state index contributed by atoms with van der Waals surface area (Å²) in [6, 6.07) is 0.0892. The van der Waals surface area contributed by atoms with E-state index >= 15 is 0 Å². The van der Waals surface area contributed by atoms with E-state index in [1.807, 2.05) is 11.8 Å². The summed E-state index contributed by atoms with van der Waals surface area (Å²) < 4.78 is 4.34. The van der Waals surface area contributed by atoms with Crippen LogP contribution in [0.3, 0.4) is 0 Å². The highest BCUT2D eigenvalue weighted by atomic mass is 32.1. The summed E-state index contributed by atoms with van der Waals surface area (Å²) in [5.74, 6) is 1.13. The lowest BCUT2D eigenvalue weighted by Crippen LogP contribution is -2.35. The van der Waals surface area contributed by atoms with E-state index < -0.39 is 0 Å². The third-order valence-corrected chi connectivity index (χ3v) is 4.52. The first kappa shape index (κ1) is 16.2. The molecule has 1 saturated heterocycles. The highest BCUT2D eigenvalue weighted by molar-refractivity contribution is 7.09. The van der Waals surface area contributed by atoms with Crippen molar-refractivity contribution in [3.05, 3.63) is 5.82 Å². The zero-order valence-electron chi connectivity index (χ0n) is 12.9. The standard InChI is InChI=1S/C14H25N5OS/c1-3-12-16-14(21-17-12)19-8-4-7-18(9-10-19)13(20)6-5-11(2)15/h11H,3-10,15H2,1-2H3. The molecule has 0 aromatic carbocycles. The lowest BCUT2D eigenvalue weighted by atomic mass is 10.2. The molecule has 1 atom stereocenters. The molecule has 0 radical (unpaired) electrons. The zero-order valence-corrected chi connectivity index (χ0v) is 13.7. The van der Waals surface area contributed by atoms with Crippen LogP contribution in [0.1, 0.15) is 38.9 Å². The van der Waals surface area contributed by atoms with Crippen LogP contribution in [0.15, 0.2) is 0 Å². The molecule has 0 saturated carbocycles. The minimum absolute atomic E-state index is 0.0892. The van der Waals surface area contributed by atoms with Gasteiger partial charge in [0.25, 0.3) is 0 Å². The van der Waals surface area contributed by atoms with Gasteiger partial charge in [-0.3, -0.25) is 4.79 Å². The van der Waals surface area contributed by atoms with Gasteiger partial charge in [0.05, 0.1) is 0 Å². The number of carbonyl (C=O) groups excluding carboxylic acids is 1. The van der Waals surface area contributed by atoms with Crippen molar-refractivity contribution in [1.82, 2.24) is 14.3 Å². The fourth-order valence-corrected chi connectivity index (χ4v) is 3.19. The number of hydrogen-bond acceptors (Lipinski definition) is 6. The molecule has 1 aliphatic rings. The van der Waals surface area contributed by atoms with Crippen molar-refractivity contribution < 1.29 is 4.79 Å². The van der Waals surface area contributed by atoms with Gasteiger partial charge in [-0.15, -0.1) is 0 Å². The monoisotopic (exact) mass is 311 g/mol. The predicted molar refractivity (Wildman–Crippen MR) is 85.6 cm³/mol. The minimum Gasteiger partial charge on any atom is -0.345 e. The quantitative estimate of drug-likeness (QED) is 0.886. The molecule has 7 heteroatoms. The Morgan fingerprint density at radius 3 is 2.86 bits per heavy atom. The first-order valence-corrected chi connectivity index (χ1v) is 8.48. The van der Waals surface area contributed by atoms with Crippen LogP contribution < -0.4 is 10.6 Å². The van der Waals surface area contributed by atoms with Crippen molar-refractivity contribution in [1.29, 1.82) is 0 Å². The fraction of sp³-hybridized carbons (Fsp3) is 0.786. The van der Waals surface area contributed by atoms with E-state index in [1.54, 1.807) is 0 Å². The Morgan fingerprint density at radius 1 is 1.38 bits per heavy atom. The Morgan fingerprint density at radius 2 is 2.19 bits per heavy atom. The van der Waals surface area contributed by atoms with E-state index in [1.165, 1.54) is 11.5 Å². The molecule has 1 aromatic heterocycles. The average Bonchev–Trinajstić information content (AvgIpc) is 2.81. The van der Waals surface area contributed by atoms with Crippen LogP contribution in [-0.2, 0) is 11.2 Å². The Balaban J connectivity index is 1.88. The second-order valence-corrected chi connectivity index (χ2v) is 6.31. The second-order valence-electron chi connectivity index (χ2n) is 5.58. The van der Waals surface area contributed by atoms with Gasteiger partial charge in [-0.05, 0) is 19.8 Å². The molecule has 0 spiro atoms. The number of hydrogen-bond donors (Lipinski definition) is 1. The van der Waals surface area contributed by atoms with E-state index in [9.17, 15) is 4.79 Å². The minimum atomic E-state index is 0.0892. The number of nitrogens with zero attached hydrogens (tertiary/aromatic N) is 4. The molecule has 2 N–H and O–H groups in total. The first-order valence-electron chi connectivity index (χ1n) is 7.71. The van der Waals surface area contributed by atoms with E-state index in [0.29, 0.717) is 6.42 Å². The van der Waals surface area contributed by atoms with E-state index in [-0.39, 0.29) is 11.9 Å². The Kier molecular flexibility index (Phi) is 5.93. The molecule has 0 aliphatic carbocycles. The maximum absolute atomic E-state index is 12.2. The van der Waals surface area contributed by atoms with Crippen LogP contribution in [0.2, 0.25) is 0 Å². The predicted octanol–water partition coefficient (Wildman–Crippen LogP) is 1.27. The van der Waals surface area contributed by atoms with Crippen molar-refractivity contribution in [2.24, 2.45) is 5.73 Å². The van der Waals surface area contributed by atoms with Crippen molar-refractivity contribution >= 4 is 22.6 Å². The number of aryl methyl sites for hydroxylation is 1. The summed E-state index contributed by atoms with van der Waals surface area (Å²) in [6.07, 6.45) is 3.16. The lowest BCUT2D eigenvalue weighted by Gasteiger charge is -2.21. The molecular formula is C14H25N5OS. The highest BCUT2D eigenvalue weighted by Gasteiger charge is 2.21. The van der Waals surface area contributed by atoms with Gasteiger partial charge in [0, 0.05) is 56.6 Å². The Hall–Kier alpha value is -1.21. The summed E-state index contributed by atoms with van der Waals surface area (Å²) in [5, 5.41) is 0.983. The molecule has 1 amide bonds. The van der Waals surface area contributed by atoms with E-state index in [4.69, 9.17) is 5.73 Å². The van der Waals surface area contributed by atoms with Crippen LogP contribution in [-0.4, -0.2) is 52.4 Å². The third-order valence-electron chi connectivity index (χ3n) is 3.71. The number of carbonyl (C=O) groups is 1. The maximum atomic E-state index is 12.2. The normalized spacial score (nSPS) is 17.7. The van der Waals surface area contributed by atoms with Crippen LogP contribution in [0.25, 0.3) is 0 Å². The zero-order chi connectivity index (χ0) is 15.2. The summed E-state index contributed by atoms with van der Waals surface area (Å²) in [7, 11) is 0. The summed E-state index contributed by atoms with van der Waals surface area (Å²) >= 11 is 1.46. The molecular weight excluding hydrogens is 286 g/mol. The first-order chi connectivity index (χ1) is 10.1. The van der Waals surface area contributed by atoms with Crippen molar-refractivity contribution in [2.45, 2.75) is 45.6 Å². The van der Waals surface area contributed by atoms with Gasteiger partial charge < -0.3 is 15.5 Å². The molecule has 1 aromatic rings. The number of aromatic nitrogens is 2. The van der Waals surface area contributed by atoms with Gasteiger partial charge in [-0.1, -0.05) is 6.92 Å². The molecule has 2 heterocycles. The Bertz CT molecular complexity index is 462. The molecule has 0 bridgehead atoms. The van der Waals surface area contributed by atoms with E-state index in [0.717, 1.165) is 56.4 Å². The third kappa shape index (κ3) is 4.64. The van der Waals surface area contributed by atoms with Crippen molar-refractivity contribution in [3.8, 4) is 0 Å². The smallest absolute Gasteiger partial charge is 0.222 e. The van der Waals surface area contributed by atoms with Gasteiger partial charge in [0.15, 0.2) is 0 Å². The topological polar surface area (TPSA) is 75.4 Å². The molecule has 21 heavy (non-hydrogen) atoms. The molecule has 118 valence electrons. The fourth-order valence-electron chi connectivity index (χ4n) is 2.38. The number of nitrogens with two attached hydrogens (primary N) is 1. The van der Waals surface area contributed by atoms with Crippen molar-refractivity contribution in [2.75, 3.05) is 31.1 Å². The summed E-state index contributed by atoms with van der Waals surface area (Å²) in [5.41, 5.74) is 5.72. The van der Waals surface area contributed by atoms with Gasteiger partial charge >= 0.3 is 0 Å². The number of amides is 1. The summed E-state index contributed by atoms with van der Waals surface area (Å²) in [6.45, 7) is 7.37. The van der Waals surface area contributed by atoms with Gasteiger partial charge in [-0.25, -0.2) is 4.98 Å². The Labute approximate surface area is 130 Å². The SMILES string of the molecule is CCc1nsc(N2CCCN(C(=O)CCC(C)N)CC2)n1. The van der Waals surface area contributed by atoms with Crippen LogP contribution >= 0.6 is 11.5 Å². The molecule has 1 fully saturated rings. The highest BCUT2D eigenvalue weighted by Crippen LogP contribution is 2.19. The number of rotatable bonds is 5. The van der Waals surface area contributed by atoms with Gasteiger partial charge in [0.2, 0.25) is 11.0 Å². The average molecular weight is 311 g/mol. The summed E-state index contributed by atoms with van der Waals surface area (Å²) in [4.78, 5) is 20.9. The van der Waals surface area contributed by atoms with Crippen LogP contribution in [0, 0.1) is 0 Å². The molecule has 1 aliphatic heterocycles. The van der Waals surface area contributed by atoms with Crippen LogP contribution in [0.5, 0.6) is 0 Å². The van der Waals surface area contributed by atoms with Gasteiger partial charge in [0.1, 0.15) is 5.82 Å². The largest absolute Gasteiger partial charge is 0.345 e. The lowest BCUT2D eigenvalue weighted by molar-refractivity contribution is -0.131. The second kappa shape index (κ2) is 7.70. The molecule has 6 nitrogen and oxygen atoms in total. The number of anilines is 1. The van der Waals surface area contributed by atoms with Crippen LogP contribution in [0.4, 0.5) is 5.13 Å². The molecule has 2 rings (SSSR count). The van der Waals surface area contributed by atoms with E-state index in [2.05, 4.69) is 21.2 Å².